The van der Waals surface area contributed by atoms with E-state index in [0.29, 0.717) is 31.1 Å². The number of sulfonamides is 1. The third-order valence-corrected chi connectivity index (χ3v) is 5.72. The van der Waals surface area contributed by atoms with Gasteiger partial charge in [0.15, 0.2) is 0 Å². The van der Waals surface area contributed by atoms with Crippen LogP contribution in [0.2, 0.25) is 0 Å². The number of carbonyl (C=O) groups excluding carboxylic acids is 1. The van der Waals surface area contributed by atoms with Crippen LogP contribution in [0.5, 0.6) is 5.75 Å². The predicted octanol–water partition coefficient (Wildman–Crippen LogP) is 2.24. The Morgan fingerprint density at radius 2 is 1.87 bits per heavy atom. The number of ether oxygens (including phenoxy) is 1. The van der Waals surface area contributed by atoms with E-state index in [2.05, 4.69) is 0 Å². The highest BCUT2D eigenvalue weighted by atomic mass is 32.2. The molecule has 1 aromatic rings. The van der Waals surface area contributed by atoms with Crippen LogP contribution in [0.25, 0.3) is 0 Å². The monoisotopic (exact) mass is 340 g/mol. The molecule has 128 valence electrons. The Kier molecular flexibility index (Phi) is 5.64. The van der Waals surface area contributed by atoms with Crippen LogP contribution in [0.1, 0.15) is 33.1 Å². The average molecular weight is 340 g/mol. The summed E-state index contributed by atoms with van der Waals surface area (Å²) in [4.78, 5) is 13.6. The second kappa shape index (κ2) is 7.31. The summed E-state index contributed by atoms with van der Waals surface area (Å²) in [7, 11) is -1.93. The molecule has 0 radical (unpaired) electrons. The van der Waals surface area contributed by atoms with Gasteiger partial charge in [-0.2, -0.15) is 4.31 Å². The number of hydrogen-bond donors (Lipinski definition) is 0. The molecule has 1 aliphatic heterocycles. The Balaban J connectivity index is 2.44. The minimum atomic E-state index is -3.57. The van der Waals surface area contributed by atoms with Gasteiger partial charge < -0.3 is 9.64 Å². The first-order valence-corrected chi connectivity index (χ1v) is 9.39. The Morgan fingerprint density at radius 1 is 1.22 bits per heavy atom. The van der Waals surface area contributed by atoms with E-state index in [-0.39, 0.29) is 17.2 Å². The van der Waals surface area contributed by atoms with Gasteiger partial charge in [0.2, 0.25) is 15.9 Å². The lowest BCUT2D eigenvalue weighted by Gasteiger charge is -2.23. The van der Waals surface area contributed by atoms with Crippen LogP contribution >= 0.6 is 0 Å². The van der Waals surface area contributed by atoms with Crippen molar-refractivity contribution in [2.24, 2.45) is 0 Å². The van der Waals surface area contributed by atoms with Gasteiger partial charge in [0.25, 0.3) is 0 Å². The molecule has 6 nitrogen and oxygen atoms in total. The van der Waals surface area contributed by atoms with E-state index < -0.39 is 10.0 Å². The predicted molar refractivity (Wildman–Crippen MR) is 89.3 cm³/mol. The number of hydrogen-bond acceptors (Lipinski definition) is 4. The summed E-state index contributed by atoms with van der Waals surface area (Å²) in [6, 6.07) is 4.72. The topological polar surface area (TPSA) is 66.9 Å². The Labute approximate surface area is 138 Å². The van der Waals surface area contributed by atoms with Gasteiger partial charge in [0, 0.05) is 20.1 Å². The highest BCUT2D eigenvalue weighted by Gasteiger charge is 2.27. The second-order valence-corrected chi connectivity index (χ2v) is 7.52. The first kappa shape index (κ1) is 17.7. The van der Waals surface area contributed by atoms with Gasteiger partial charge in [-0.25, -0.2) is 8.42 Å². The number of rotatable bonds is 6. The van der Waals surface area contributed by atoms with Crippen LogP contribution in [-0.2, 0) is 14.8 Å². The zero-order valence-corrected chi connectivity index (χ0v) is 14.7. The van der Waals surface area contributed by atoms with Crippen molar-refractivity contribution < 1.29 is 17.9 Å². The largest absolute Gasteiger partial charge is 0.491 e. The number of fused-ring (bicyclic) bond motifs is 1. The van der Waals surface area contributed by atoms with Crippen molar-refractivity contribution >= 4 is 21.6 Å². The summed E-state index contributed by atoms with van der Waals surface area (Å²) < 4.78 is 32.7. The van der Waals surface area contributed by atoms with Gasteiger partial charge >= 0.3 is 0 Å². The third kappa shape index (κ3) is 3.67. The molecular formula is C16H24N2O4S. The lowest BCUT2D eigenvalue weighted by Crippen LogP contribution is -2.32. The summed E-state index contributed by atoms with van der Waals surface area (Å²) in [5.74, 6) is 0.451. The molecule has 0 saturated heterocycles. The lowest BCUT2D eigenvalue weighted by molar-refractivity contribution is -0.118. The summed E-state index contributed by atoms with van der Waals surface area (Å²) in [5, 5.41) is 0. The van der Waals surface area contributed by atoms with Gasteiger partial charge in [-0.05, 0) is 31.0 Å². The van der Waals surface area contributed by atoms with E-state index in [1.165, 1.54) is 15.3 Å². The Bertz CT molecular complexity index is 667. The number of nitrogens with zero attached hydrogens (tertiary/aromatic N) is 2. The molecule has 0 spiro atoms. The molecule has 0 bridgehead atoms. The molecule has 0 atom stereocenters. The first-order chi connectivity index (χ1) is 10.9. The van der Waals surface area contributed by atoms with Gasteiger partial charge in [-0.1, -0.05) is 13.8 Å². The van der Waals surface area contributed by atoms with Gasteiger partial charge in [-0.3, -0.25) is 4.79 Å². The maximum atomic E-state index is 12.9. The van der Waals surface area contributed by atoms with Gasteiger partial charge in [0.05, 0.1) is 23.6 Å². The average Bonchev–Trinajstić information content (AvgIpc) is 2.66. The molecule has 7 heteroatoms. The van der Waals surface area contributed by atoms with E-state index in [4.69, 9.17) is 4.74 Å². The highest BCUT2D eigenvalue weighted by molar-refractivity contribution is 7.89. The number of amides is 1. The van der Waals surface area contributed by atoms with Crippen molar-refractivity contribution in [3.8, 4) is 5.75 Å². The van der Waals surface area contributed by atoms with Crippen molar-refractivity contribution in [3.63, 3.8) is 0 Å². The molecule has 2 rings (SSSR count). The Hall–Kier alpha value is -1.60. The molecule has 1 aliphatic rings. The molecule has 23 heavy (non-hydrogen) atoms. The summed E-state index contributed by atoms with van der Waals surface area (Å²) in [5.41, 5.74) is 0.501. The van der Waals surface area contributed by atoms with Crippen LogP contribution < -0.4 is 9.64 Å². The fourth-order valence-corrected chi connectivity index (χ4v) is 4.24. The molecular weight excluding hydrogens is 316 g/mol. The summed E-state index contributed by atoms with van der Waals surface area (Å²) in [6.07, 6.45) is 1.79. The van der Waals surface area contributed by atoms with Crippen LogP contribution in [0.15, 0.2) is 23.1 Å². The second-order valence-electron chi connectivity index (χ2n) is 5.58. The summed E-state index contributed by atoms with van der Waals surface area (Å²) >= 11 is 0. The van der Waals surface area contributed by atoms with Crippen molar-refractivity contribution in [2.45, 2.75) is 38.0 Å². The van der Waals surface area contributed by atoms with Crippen LogP contribution in [0.4, 0.5) is 5.69 Å². The molecule has 1 heterocycles. The molecule has 1 aromatic carbocycles. The van der Waals surface area contributed by atoms with Crippen molar-refractivity contribution in [3.05, 3.63) is 18.2 Å². The number of benzene rings is 1. The van der Waals surface area contributed by atoms with E-state index >= 15 is 0 Å². The van der Waals surface area contributed by atoms with E-state index in [0.717, 1.165) is 12.8 Å². The molecule has 0 aliphatic carbocycles. The van der Waals surface area contributed by atoms with Crippen LogP contribution in [-0.4, -0.2) is 45.4 Å². The zero-order chi connectivity index (χ0) is 17.0. The van der Waals surface area contributed by atoms with Gasteiger partial charge in [0.1, 0.15) is 5.75 Å². The number of anilines is 1. The Morgan fingerprint density at radius 3 is 2.48 bits per heavy atom. The van der Waals surface area contributed by atoms with E-state index in [1.54, 1.807) is 19.2 Å². The molecule has 0 N–H and O–H groups in total. The smallest absolute Gasteiger partial charge is 0.243 e. The number of carbonyl (C=O) groups is 1. The van der Waals surface area contributed by atoms with Gasteiger partial charge in [-0.15, -0.1) is 0 Å². The fraction of sp³-hybridized carbons (Fsp3) is 0.562. The lowest BCUT2D eigenvalue weighted by atomic mass is 10.2. The molecule has 0 saturated carbocycles. The minimum absolute atomic E-state index is 0.0859. The highest BCUT2D eigenvalue weighted by Crippen LogP contribution is 2.33. The molecule has 0 fully saturated rings. The standard InChI is InChI=1S/C16H24N2O4S/c1-4-9-18(10-5-2)23(20,21)13-6-7-15-14(12-13)17(3)16(19)8-11-22-15/h6-7,12H,4-5,8-11H2,1-3H3. The minimum Gasteiger partial charge on any atom is -0.491 e. The normalized spacial score (nSPS) is 15.3. The quantitative estimate of drug-likeness (QED) is 0.796. The third-order valence-electron chi connectivity index (χ3n) is 3.82. The van der Waals surface area contributed by atoms with E-state index in [9.17, 15) is 13.2 Å². The first-order valence-electron chi connectivity index (χ1n) is 7.95. The van der Waals surface area contributed by atoms with Crippen LogP contribution in [0.3, 0.4) is 0 Å². The zero-order valence-electron chi connectivity index (χ0n) is 13.9. The maximum absolute atomic E-state index is 12.9. The molecule has 0 aromatic heterocycles. The van der Waals surface area contributed by atoms with Crippen molar-refractivity contribution in [2.75, 3.05) is 31.6 Å². The van der Waals surface area contributed by atoms with Crippen molar-refractivity contribution in [1.29, 1.82) is 0 Å². The molecule has 0 unspecified atom stereocenters. The summed E-state index contributed by atoms with van der Waals surface area (Å²) in [6.45, 7) is 5.18. The maximum Gasteiger partial charge on any atom is 0.243 e. The SMILES string of the molecule is CCCN(CCC)S(=O)(=O)c1ccc2c(c1)N(C)C(=O)CCO2. The van der Waals surface area contributed by atoms with Crippen molar-refractivity contribution in [1.82, 2.24) is 4.31 Å². The van der Waals surface area contributed by atoms with Crippen LogP contribution in [0, 0.1) is 0 Å². The van der Waals surface area contributed by atoms with E-state index in [1.807, 2.05) is 13.8 Å². The molecule has 1 amide bonds. The fourth-order valence-electron chi connectivity index (χ4n) is 2.59.